The topological polar surface area (TPSA) is 21.3 Å². The van der Waals surface area contributed by atoms with E-state index in [4.69, 9.17) is 27.9 Å². The highest BCUT2D eigenvalue weighted by Gasteiger charge is 2.41. The van der Waals surface area contributed by atoms with Crippen molar-refractivity contribution in [3.8, 4) is 5.75 Å². The van der Waals surface area contributed by atoms with Crippen LogP contribution in [0.4, 0.5) is 13.2 Å². The Balaban J connectivity index is 3.19. The van der Waals surface area contributed by atoms with Gasteiger partial charge in [0.15, 0.2) is 0 Å². The van der Waals surface area contributed by atoms with Gasteiger partial charge in [0.05, 0.1) is 12.1 Å². The highest BCUT2D eigenvalue weighted by Crippen LogP contribution is 2.40. The number of ether oxygens (including phenoxy) is 1. The molecule has 0 aliphatic rings. The third kappa shape index (κ3) is 4.16. The molecular formula is C12H14Cl2F3NO. The van der Waals surface area contributed by atoms with Gasteiger partial charge in [0.2, 0.25) is 0 Å². The van der Waals surface area contributed by atoms with E-state index in [9.17, 15) is 13.2 Å². The Hall–Kier alpha value is -0.650. The lowest BCUT2D eigenvalue weighted by atomic mass is 10.1. The average Bonchev–Trinajstić information content (AvgIpc) is 2.31. The second-order valence-corrected chi connectivity index (χ2v) is 4.75. The third-order valence-corrected chi connectivity index (χ3v) is 3.13. The Bertz CT molecular complexity index is 438. The number of methoxy groups -OCH3 is 1. The summed E-state index contributed by atoms with van der Waals surface area (Å²) in [5, 5.41) is 2.48. The van der Waals surface area contributed by atoms with Gasteiger partial charge in [-0.2, -0.15) is 13.2 Å². The lowest BCUT2D eigenvalue weighted by molar-refractivity contribution is -0.157. The van der Waals surface area contributed by atoms with Gasteiger partial charge in [-0.15, -0.1) is 0 Å². The largest absolute Gasteiger partial charge is 0.495 e. The number of hydrogen-bond acceptors (Lipinski definition) is 2. The van der Waals surface area contributed by atoms with Crippen LogP contribution in [-0.2, 0) is 0 Å². The van der Waals surface area contributed by atoms with Crippen molar-refractivity contribution in [1.82, 2.24) is 5.32 Å². The van der Waals surface area contributed by atoms with Gasteiger partial charge in [0, 0.05) is 11.1 Å². The second-order valence-electron chi connectivity index (χ2n) is 3.94. The molecule has 0 heterocycles. The van der Waals surface area contributed by atoms with E-state index in [0.717, 1.165) is 0 Å². The van der Waals surface area contributed by atoms with Crippen molar-refractivity contribution in [3.63, 3.8) is 0 Å². The quantitative estimate of drug-likeness (QED) is 0.857. The highest BCUT2D eigenvalue weighted by atomic mass is 35.5. The summed E-state index contributed by atoms with van der Waals surface area (Å²) < 4.78 is 44.0. The van der Waals surface area contributed by atoms with E-state index >= 15 is 0 Å². The van der Waals surface area contributed by atoms with Crippen LogP contribution in [0.15, 0.2) is 12.1 Å². The summed E-state index contributed by atoms with van der Waals surface area (Å²) >= 11 is 11.7. The Labute approximate surface area is 119 Å². The van der Waals surface area contributed by atoms with Crippen LogP contribution >= 0.6 is 23.2 Å². The van der Waals surface area contributed by atoms with Crippen molar-refractivity contribution in [1.29, 1.82) is 0 Å². The van der Waals surface area contributed by atoms with Crippen LogP contribution in [-0.4, -0.2) is 19.8 Å². The normalized spacial score (nSPS) is 13.4. The summed E-state index contributed by atoms with van der Waals surface area (Å²) in [4.78, 5) is 0. The SMILES string of the molecule is CCCNC(c1cc(Cl)c(OC)cc1Cl)C(F)(F)F. The molecular weight excluding hydrogens is 302 g/mol. The molecule has 0 spiro atoms. The van der Waals surface area contributed by atoms with Crippen LogP contribution in [0.25, 0.3) is 0 Å². The maximum atomic E-state index is 13.0. The van der Waals surface area contributed by atoms with E-state index in [2.05, 4.69) is 5.32 Å². The van der Waals surface area contributed by atoms with Gasteiger partial charge in [0.25, 0.3) is 0 Å². The van der Waals surface area contributed by atoms with Crippen LogP contribution in [0, 0.1) is 0 Å². The molecule has 1 N–H and O–H groups in total. The zero-order valence-corrected chi connectivity index (χ0v) is 12.0. The van der Waals surface area contributed by atoms with Crippen LogP contribution in [0.1, 0.15) is 24.9 Å². The Morgan fingerprint density at radius 1 is 1.26 bits per heavy atom. The fourth-order valence-corrected chi connectivity index (χ4v) is 2.12. The fourth-order valence-electron chi connectivity index (χ4n) is 1.61. The number of nitrogens with one attached hydrogen (secondary N) is 1. The lowest BCUT2D eigenvalue weighted by Crippen LogP contribution is -2.34. The summed E-state index contributed by atoms with van der Waals surface area (Å²) in [7, 11) is 1.37. The van der Waals surface area contributed by atoms with Crippen molar-refractivity contribution in [3.05, 3.63) is 27.7 Å². The molecule has 0 aliphatic heterocycles. The minimum atomic E-state index is -4.45. The van der Waals surface area contributed by atoms with Gasteiger partial charge in [0.1, 0.15) is 11.8 Å². The molecule has 0 aliphatic carbocycles. The summed E-state index contributed by atoms with van der Waals surface area (Å²) in [6.07, 6.45) is -3.87. The summed E-state index contributed by atoms with van der Waals surface area (Å²) in [6, 6.07) is 0.623. The van der Waals surface area contributed by atoms with Crippen LogP contribution < -0.4 is 10.1 Å². The molecule has 0 aromatic heterocycles. The van der Waals surface area contributed by atoms with Crippen molar-refractivity contribution in [2.45, 2.75) is 25.6 Å². The standard InChI is InChI=1S/C12H14Cl2F3NO/c1-3-4-18-11(12(15,16)17)7-5-9(14)10(19-2)6-8(7)13/h5-6,11,18H,3-4H2,1-2H3. The molecule has 1 unspecified atom stereocenters. The van der Waals surface area contributed by atoms with Gasteiger partial charge in [-0.05, 0) is 24.6 Å². The van der Waals surface area contributed by atoms with Gasteiger partial charge in [-0.1, -0.05) is 30.1 Å². The predicted molar refractivity (Wildman–Crippen MR) is 70.1 cm³/mol. The van der Waals surface area contributed by atoms with Crippen molar-refractivity contribution >= 4 is 23.2 Å². The first-order valence-electron chi connectivity index (χ1n) is 5.64. The summed E-state index contributed by atoms with van der Waals surface area (Å²) in [5.74, 6) is 0.242. The van der Waals surface area contributed by atoms with E-state index in [1.165, 1.54) is 19.2 Å². The molecule has 0 saturated heterocycles. The molecule has 0 saturated carbocycles. The number of rotatable bonds is 5. The van der Waals surface area contributed by atoms with E-state index in [0.29, 0.717) is 6.42 Å². The second kappa shape index (κ2) is 6.68. The van der Waals surface area contributed by atoms with E-state index in [1.807, 2.05) is 0 Å². The van der Waals surface area contributed by atoms with Gasteiger partial charge >= 0.3 is 6.18 Å². The molecule has 19 heavy (non-hydrogen) atoms. The molecule has 1 rings (SSSR count). The van der Waals surface area contributed by atoms with Crippen molar-refractivity contribution in [2.24, 2.45) is 0 Å². The third-order valence-electron chi connectivity index (χ3n) is 2.51. The van der Waals surface area contributed by atoms with E-state index in [1.54, 1.807) is 6.92 Å². The molecule has 7 heteroatoms. The molecule has 0 amide bonds. The number of benzene rings is 1. The Morgan fingerprint density at radius 3 is 2.37 bits per heavy atom. The first-order chi connectivity index (χ1) is 8.81. The van der Waals surface area contributed by atoms with E-state index < -0.39 is 12.2 Å². The monoisotopic (exact) mass is 315 g/mol. The van der Waals surface area contributed by atoms with Crippen LogP contribution in [0.5, 0.6) is 5.75 Å². The fraction of sp³-hybridized carbons (Fsp3) is 0.500. The summed E-state index contributed by atoms with van der Waals surface area (Å²) in [6.45, 7) is 2.01. The first kappa shape index (κ1) is 16.4. The number of hydrogen-bond donors (Lipinski definition) is 1. The summed E-state index contributed by atoms with van der Waals surface area (Å²) in [5.41, 5.74) is -0.103. The zero-order valence-electron chi connectivity index (χ0n) is 10.4. The van der Waals surface area contributed by atoms with Crippen LogP contribution in [0.3, 0.4) is 0 Å². The minimum absolute atomic E-state index is 0.0350. The molecule has 1 aromatic carbocycles. The van der Waals surface area contributed by atoms with E-state index in [-0.39, 0.29) is 27.9 Å². The highest BCUT2D eigenvalue weighted by molar-refractivity contribution is 6.34. The molecule has 1 atom stereocenters. The molecule has 0 radical (unpaired) electrons. The minimum Gasteiger partial charge on any atom is -0.495 e. The number of alkyl halides is 3. The maximum Gasteiger partial charge on any atom is 0.407 e. The molecule has 1 aromatic rings. The number of halogens is 5. The van der Waals surface area contributed by atoms with Gasteiger partial charge < -0.3 is 10.1 Å². The van der Waals surface area contributed by atoms with Crippen molar-refractivity contribution in [2.75, 3.05) is 13.7 Å². The van der Waals surface area contributed by atoms with Gasteiger partial charge in [-0.3, -0.25) is 0 Å². The molecule has 2 nitrogen and oxygen atoms in total. The average molecular weight is 316 g/mol. The predicted octanol–water partition coefficient (Wildman–Crippen LogP) is 4.61. The molecule has 108 valence electrons. The smallest absolute Gasteiger partial charge is 0.407 e. The molecule has 0 bridgehead atoms. The molecule has 0 fully saturated rings. The van der Waals surface area contributed by atoms with Crippen LogP contribution in [0.2, 0.25) is 10.0 Å². The van der Waals surface area contributed by atoms with Crippen molar-refractivity contribution < 1.29 is 17.9 Å². The Morgan fingerprint density at radius 2 is 1.89 bits per heavy atom. The maximum absolute atomic E-state index is 13.0. The Kier molecular flexibility index (Phi) is 5.77. The van der Waals surface area contributed by atoms with Gasteiger partial charge in [-0.25, -0.2) is 0 Å². The lowest BCUT2D eigenvalue weighted by Gasteiger charge is -2.23. The zero-order chi connectivity index (χ0) is 14.6. The first-order valence-corrected chi connectivity index (χ1v) is 6.39.